The molecule has 1 aliphatic rings. The lowest BCUT2D eigenvalue weighted by Gasteiger charge is -2.24. The van der Waals surface area contributed by atoms with Crippen LogP contribution in [0.3, 0.4) is 0 Å². The summed E-state index contributed by atoms with van der Waals surface area (Å²) in [4.78, 5) is 4.31. The SMILES string of the molecule is FC(F)(F)c1ccc(-c2nc(C3CNC3)co2)cc1. The van der Waals surface area contributed by atoms with Gasteiger partial charge in [0, 0.05) is 24.6 Å². The summed E-state index contributed by atoms with van der Waals surface area (Å²) in [6.45, 7) is 1.72. The largest absolute Gasteiger partial charge is 0.444 e. The third-order valence-corrected chi connectivity index (χ3v) is 3.18. The van der Waals surface area contributed by atoms with Crippen LogP contribution in [0.25, 0.3) is 11.5 Å². The predicted molar refractivity (Wildman–Crippen MR) is 62.6 cm³/mol. The Balaban J connectivity index is 1.83. The van der Waals surface area contributed by atoms with Crippen LogP contribution in [0, 0.1) is 0 Å². The van der Waals surface area contributed by atoms with E-state index >= 15 is 0 Å². The molecule has 0 aliphatic carbocycles. The fourth-order valence-electron chi connectivity index (χ4n) is 1.91. The van der Waals surface area contributed by atoms with Crippen molar-refractivity contribution < 1.29 is 17.6 Å². The van der Waals surface area contributed by atoms with Crippen LogP contribution in [-0.2, 0) is 6.18 Å². The molecule has 3 nitrogen and oxygen atoms in total. The van der Waals surface area contributed by atoms with Gasteiger partial charge in [0.05, 0.1) is 11.3 Å². The quantitative estimate of drug-likeness (QED) is 0.909. The first-order valence-corrected chi connectivity index (χ1v) is 5.88. The minimum atomic E-state index is -4.32. The Labute approximate surface area is 107 Å². The fourth-order valence-corrected chi connectivity index (χ4v) is 1.91. The molecule has 1 aromatic carbocycles. The average molecular weight is 268 g/mol. The van der Waals surface area contributed by atoms with E-state index in [0.717, 1.165) is 30.9 Å². The summed E-state index contributed by atoms with van der Waals surface area (Å²) in [6, 6.07) is 4.81. The number of nitrogens with one attached hydrogen (secondary N) is 1. The minimum Gasteiger partial charge on any atom is -0.444 e. The lowest BCUT2D eigenvalue weighted by Crippen LogP contribution is -2.40. The summed E-state index contributed by atoms with van der Waals surface area (Å²) >= 11 is 0. The molecule has 1 saturated heterocycles. The second-order valence-corrected chi connectivity index (χ2v) is 4.51. The molecule has 1 aliphatic heterocycles. The van der Waals surface area contributed by atoms with E-state index < -0.39 is 11.7 Å². The van der Waals surface area contributed by atoms with E-state index in [4.69, 9.17) is 4.42 Å². The zero-order chi connectivity index (χ0) is 13.5. The van der Waals surface area contributed by atoms with Gasteiger partial charge in [-0.15, -0.1) is 0 Å². The van der Waals surface area contributed by atoms with Gasteiger partial charge in [0.2, 0.25) is 5.89 Å². The van der Waals surface area contributed by atoms with E-state index in [1.54, 1.807) is 6.26 Å². The Bertz CT molecular complexity index is 570. The van der Waals surface area contributed by atoms with Crippen LogP contribution in [0.15, 0.2) is 34.9 Å². The van der Waals surface area contributed by atoms with E-state index in [2.05, 4.69) is 10.3 Å². The van der Waals surface area contributed by atoms with Gasteiger partial charge in [0.15, 0.2) is 0 Å². The first kappa shape index (κ1) is 12.2. The maximum Gasteiger partial charge on any atom is 0.416 e. The second-order valence-electron chi connectivity index (χ2n) is 4.51. The Hall–Kier alpha value is -1.82. The summed E-state index contributed by atoms with van der Waals surface area (Å²) in [5, 5.41) is 3.13. The number of hydrogen-bond donors (Lipinski definition) is 1. The van der Waals surface area contributed by atoms with Crippen molar-refractivity contribution in [2.45, 2.75) is 12.1 Å². The highest BCUT2D eigenvalue weighted by atomic mass is 19.4. The molecule has 0 amide bonds. The Kier molecular flexibility index (Phi) is 2.82. The van der Waals surface area contributed by atoms with Gasteiger partial charge >= 0.3 is 6.18 Å². The lowest BCUT2D eigenvalue weighted by atomic mass is 10.0. The van der Waals surface area contributed by atoms with Gasteiger partial charge in [0.25, 0.3) is 0 Å². The minimum absolute atomic E-state index is 0.340. The zero-order valence-corrected chi connectivity index (χ0v) is 9.87. The van der Waals surface area contributed by atoms with Crippen LogP contribution < -0.4 is 5.32 Å². The average Bonchev–Trinajstić information content (AvgIpc) is 2.75. The molecular formula is C13H11F3N2O. The Morgan fingerprint density at radius 1 is 1.16 bits per heavy atom. The molecule has 6 heteroatoms. The molecule has 0 unspecified atom stereocenters. The van der Waals surface area contributed by atoms with Crippen LogP contribution in [0.2, 0.25) is 0 Å². The summed E-state index contributed by atoms with van der Waals surface area (Å²) in [7, 11) is 0. The maximum atomic E-state index is 12.4. The molecule has 2 heterocycles. The van der Waals surface area contributed by atoms with E-state index in [1.807, 2.05) is 0 Å². The summed E-state index contributed by atoms with van der Waals surface area (Å²) in [5.41, 5.74) is 0.714. The van der Waals surface area contributed by atoms with Crippen molar-refractivity contribution in [3.05, 3.63) is 41.8 Å². The molecule has 0 bridgehead atoms. The molecule has 1 fully saturated rings. The molecule has 1 N–H and O–H groups in total. The van der Waals surface area contributed by atoms with Gasteiger partial charge < -0.3 is 9.73 Å². The van der Waals surface area contributed by atoms with Crippen molar-refractivity contribution in [1.82, 2.24) is 10.3 Å². The highest BCUT2D eigenvalue weighted by molar-refractivity contribution is 5.54. The molecule has 3 rings (SSSR count). The smallest absolute Gasteiger partial charge is 0.416 e. The highest BCUT2D eigenvalue weighted by Crippen LogP contribution is 2.31. The number of benzene rings is 1. The van der Waals surface area contributed by atoms with Crippen molar-refractivity contribution in [1.29, 1.82) is 0 Å². The molecule has 0 atom stereocenters. The maximum absolute atomic E-state index is 12.4. The summed E-state index contributed by atoms with van der Waals surface area (Å²) in [6.07, 6.45) is -2.75. The van der Waals surface area contributed by atoms with Crippen LogP contribution in [0.1, 0.15) is 17.2 Å². The summed E-state index contributed by atoms with van der Waals surface area (Å²) in [5.74, 6) is 0.697. The highest BCUT2D eigenvalue weighted by Gasteiger charge is 2.30. The Morgan fingerprint density at radius 2 is 1.84 bits per heavy atom. The van der Waals surface area contributed by atoms with Crippen molar-refractivity contribution >= 4 is 0 Å². The number of alkyl halides is 3. The molecule has 1 aromatic heterocycles. The molecule has 0 radical (unpaired) electrons. The molecular weight excluding hydrogens is 257 g/mol. The number of rotatable bonds is 2. The first-order valence-electron chi connectivity index (χ1n) is 5.88. The van der Waals surface area contributed by atoms with Crippen molar-refractivity contribution in [2.75, 3.05) is 13.1 Å². The molecule has 0 saturated carbocycles. The second kappa shape index (κ2) is 4.38. The van der Waals surface area contributed by atoms with Crippen LogP contribution in [0.5, 0.6) is 0 Å². The standard InChI is InChI=1S/C13H11F3N2O/c14-13(15,16)10-3-1-8(2-4-10)12-18-11(7-19-12)9-5-17-6-9/h1-4,7,9,17H,5-6H2. The monoisotopic (exact) mass is 268 g/mol. The van der Waals surface area contributed by atoms with Gasteiger partial charge in [-0.05, 0) is 24.3 Å². The van der Waals surface area contributed by atoms with E-state index in [0.29, 0.717) is 17.4 Å². The first-order chi connectivity index (χ1) is 9.04. The van der Waals surface area contributed by atoms with E-state index in [9.17, 15) is 13.2 Å². The number of halogens is 3. The van der Waals surface area contributed by atoms with E-state index in [-0.39, 0.29) is 0 Å². The zero-order valence-electron chi connectivity index (χ0n) is 9.87. The van der Waals surface area contributed by atoms with Gasteiger partial charge in [-0.3, -0.25) is 0 Å². The van der Waals surface area contributed by atoms with Gasteiger partial charge in [0.1, 0.15) is 6.26 Å². The Morgan fingerprint density at radius 3 is 2.37 bits per heavy atom. The van der Waals surface area contributed by atoms with E-state index in [1.165, 1.54) is 12.1 Å². The third kappa shape index (κ3) is 2.35. The van der Waals surface area contributed by atoms with Crippen molar-refractivity contribution in [3.8, 4) is 11.5 Å². The van der Waals surface area contributed by atoms with Crippen LogP contribution in [-0.4, -0.2) is 18.1 Å². The third-order valence-electron chi connectivity index (χ3n) is 3.18. The lowest BCUT2D eigenvalue weighted by molar-refractivity contribution is -0.137. The summed E-state index contributed by atoms with van der Waals surface area (Å²) < 4.78 is 42.6. The molecule has 100 valence electrons. The molecule has 0 spiro atoms. The van der Waals surface area contributed by atoms with Gasteiger partial charge in [-0.1, -0.05) is 0 Å². The fraction of sp³-hybridized carbons (Fsp3) is 0.308. The number of hydrogen-bond acceptors (Lipinski definition) is 3. The molecule has 2 aromatic rings. The van der Waals surface area contributed by atoms with Crippen LogP contribution >= 0.6 is 0 Å². The van der Waals surface area contributed by atoms with Gasteiger partial charge in [-0.2, -0.15) is 13.2 Å². The van der Waals surface area contributed by atoms with Gasteiger partial charge in [-0.25, -0.2) is 4.98 Å². The number of oxazole rings is 1. The van der Waals surface area contributed by atoms with Crippen molar-refractivity contribution in [3.63, 3.8) is 0 Å². The van der Waals surface area contributed by atoms with Crippen LogP contribution in [0.4, 0.5) is 13.2 Å². The topological polar surface area (TPSA) is 38.1 Å². The number of nitrogens with zero attached hydrogens (tertiary/aromatic N) is 1. The predicted octanol–water partition coefficient (Wildman–Crippen LogP) is 3.05. The number of aromatic nitrogens is 1. The molecule has 19 heavy (non-hydrogen) atoms. The van der Waals surface area contributed by atoms with Crippen molar-refractivity contribution in [2.24, 2.45) is 0 Å². The normalized spacial score (nSPS) is 16.4.